The molecule has 0 saturated heterocycles. The zero-order valence-corrected chi connectivity index (χ0v) is 26.8. The van der Waals surface area contributed by atoms with Crippen LogP contribution < -0.4 is 34.7 Å². The van der Waals surface area contributed by atoms with Gasteiger partial charge >= 0.3 is 29.6 Å². The quantitative estimate of drug-likeness (QED) is 0.200. The van der Waals surface area contributed by atoms with E-state index >= 15 is 0 Å². The number of benzene rings is 3. The maximum absolute atomic E-state index is 10.9. The first-order valence-electron chi connectivity index (χ1n) is 13.2. The molecule has 0 bridgehead atoms. The number of rotatable bonds is 12. The topological polar surface area (TPSA) is 73.2 Å². The normalized spacial score (nSPS) is 12.4. The zero-order chi connectivity index (χ0) is 27.8. The summed E-state index contributed by atoms with van der Waals surface area (Å²) in [6.45, 7) is 3.62. The van der Waals surface area contributed by atoms with E-state index in [4.69, 9.17) is 16.6 Å². The van der Waals surface area contributed by atoms with Gasteiger partial charge in [0.15, 0.2) is 0 Å². The van der Waals surface area contributed by atoms with Gasteiger partial charge in [0.2, 0.25) is 0 Å². The minimum Gasteiger partial charge on any atom is -0.550 e. The van der Waals surface area contributed by atoms with Crippen molar-refractivity contribution in [3.63, 3.8) is 0 Å². The summed E-state index contributed by atoms with van der Waals surface area (Å²) >= 11 is 7.92. The van der Waals surface area contributed by atoms with E-state index in [1.165, 1.54) is 5.56 Å². The van der Waals surface area contributed by atoms with Crippen LogP contribution in [-0.2, 0) is 16.8 Å². The summed E-state index contributed by atoms with van der Waals surface area (Å²) in [6, 6.07) is 26.2. The fourth-order valence-corrected chi connectivity index (χ4v) is 6.04. The second-order valence-corrected chi connectivity index (χ2v) is 11.9. The summed E-state index contributed by atoms with van der Waals surface area (Å²) < 4.78 is 0. The maximum Gasteiger partial charge on any atom is 1.00 e. The second kappa shape index (κ2) is 15.2. The van der Waals surface area contributed by atoms with E-state index in [-0.39, 0.29) is 41.2 Å². The average molecular weight is 582 g/mol. The molecule has 0 unspecified atom stereocenters. The third-order valence-electron chi connectivity index (χ3n) is 6.60. The van der Waals surface area contributed by atoms with Gasteiger partial charge in [-0.15, -0.1) is 0 Å². The molecule has 0 aliphatic heterocycles. The van der Waals surface area contributed by atoms with Crippen LogP contribution in [0.1, 0.15) is 66.3 Å². The van der Waals surface area contributed by atoms with Gasteiger partial charge in [0, 0.05) is 21.6 Å². The first-order chi connectivity index (χ1) is 18.7. The van der Waals surface area contributed by atoms with Crippen LogP contribution in [-0.4, -0.2) is 21.8 Å². The first kappa shape index (κ1) is 32.4. The van der Waals surface area contributed by atoms with Gasteiger partial charge in [0.1, 0.15) is 0 Å². The molecule has 0 amide bonds. The molecular weight excluding hydrogens is 549 g/mol. The van der Waals surface area contributed by atoms with E-state index < -0.39 is 11.6 Å². The number of fused-ring (bicyclic) bond motifs is 1. The van der Waals surface area contributed by atoms with E-state index in [0.29, 0.717) is 11.4 Å². The molecule has 1 heterocycles. The number of aryl methyl sites for hydroxylation is 1. The van der Waals surface area contributed by atoms with Crippen molar-refractivity contribution in [2.75, 3.05) is 5.75 Å². The fourth-order valence-electron chi connectivity index (χ4n) is 4.65. The SMILES string of the molecule is CC(C)(O)c1ccccc1CC[C@@H](SCCCC(=O)[O-])c1cccc(/C=C/c2ccc3ccc(Cl)cc3n2)c1.[Na+]. The Bertz CT molecular complexity index is 1470. The molecule has 0 spiro atoms. The summed E-state index contributed by atoms with van der Waals surface area (Å²) in [6.07, 6.45) is 6.37. The Hall–Kier alpha value is -2.12. The number of carboxylic acids is 1. The Morgan fingerprint density at radius 1 is 1.05 bits per heavy atom. The molecule has 4 rings (SSSR count). The molecule has 40 heavy (non-hydrogen) atoms. The van der Waals surface area contributed by atoms with Crippen molar-refractivity contribution < 1.29 is 44.6 Å². The van der Waals surface area contributed by atoms with Crippen LogP contribution in [0.5, 0.6) is 0 Å². The van der Waals surface area contributed by atoms with Crippen molar-refractivity contribution in [1.29, 1.82) is 0 Å². The number of aliphatic hydroxyl groups is 1. The Morgan fingerprint density at radius 3 is 2.60 bits per heavy atom. The van der Waals surface area contributed by atoms with Crippen molar-refractivity contribution >= 4 is 52.4 Å². The van der Waals surface area contributed by atoms with Gasteiger partial charge in [-0.05, 0) is 91.8 Å². The number of aliphatic carboxylic acids is 1. The molecule has 4 aromatic rings. The van der Waals surface area contributed by atoms with Gasteiger partial charge in [0.05, 0.1) is 16.8 Å². The van der Waals surface area contributed by atoms with E-state index in [9.17, 15) is 15.0 Å². The fraction of sp³-hybridized carbons (Fsp3) is 0.273. The summed E-state index contributed by atoms with van der Waals surface area (Å²) in [5, 5.41) is 23.5. The molecule has 202 valence electrons. The Kier molecular flexibility index (Phi) is 12.3. The largest absolute Gasteiger partial charge is 1.00 e. The summed E-state index contributed by atoms with van der Waals surface area (Å²) in [5.74, 6) is -0.280. The monoisotopic (exact) mass is 581 g/mol. The predicted octanol–water partition coefficient (Wildman–Crippen LogP) is 4.23. The third-order valence-corrected chi connectivity index (χ3v) is 8.27. The number of carbonyl (C=O) groups is 1. The number of halogens is 1. The molecule has 4 nitrogen and oxygen atoms in total. The van der Waals surface area contributed by atoms with Gasteiger partial charge in [-0.1, -0.05) is 78.3 Å². The summed E-state index contributed by atoms with van der Waals surface area (Å²) in [4.78, 5) is 15.6. The summed E-state index contributed by atoms with van der Waals surface area (Å²) in [5.41, 5.74) is 5.12. The number of hydrogen-bond acceptors (Lipinski definition) is 5. The minimum atomic E-state index is -1.01. The van der Waals surface area contributed by atoms with Gasteiger partial charge in [-0.3, -0.25) is 0 Å². The van der Waals surface area contributed by atoms with Crippen LogP contribution >= 0.6 is 23.4 Å². The van der Waals surface area contributed by atoms with E-state index in [1.54, 1.807) is 11.8 Å². The van der Waals surface area contributed by atoms with E-state index in [0.717, 1.165) is 51.9 Å². The molecule has 0 saturated carbocycles. The molecule has 0 radical (unpaired) electrons. The predicted molar refractivity (Wildman–Crippen MR) is 162 cm³/mol. The summed E-state index contributed by atoms with van der Waals surface area (Å²) in [7, 11) is 0. The zero-order valence-electron chi connectivity index (χ0n) is 23.3. The molecule has 0 aliphatic carbocycles. The standard InChI is InChI=1S/C33H34ClNO3S.Na/c1-33(2,38)29-10-4-3-8-24(29)15-19-31(39-20-6-11-32(36)37)26-9-5-7-23(21-26)12-17-28-18-14-25-13-16-27(34)22-30(25)35-28;/h3-5,7-10,12-14,16-18,21-22,31,38H,6,11,15,19-20H2,1-2H3,(H,36,37);/q;+1/p-1/b17-12+;/t31-;/m1./s1. The molecule has 1 atom stereocenters. The smallest absolute Gasteiger partial charge is 0.550 e. The minimum absolute atomic E-state index is 0. The molecule has 0 aliphatic rings. The van der Waals surface area contributed by atoms with Crippen LogP contribution in [0, 0.1) is 0 Å². The molecule has 0 fully saturated rings. The Labute approximate surface area is 268 Å². The number of carboxylic acid groups (broad SMARTS) is 1. The van der Waals surface area contributed by atoms with E-state index in [2.05, 4.69) is 36.4 Å². The van der Waals surface area contributed by atoms with Crippen LogP contribution in [0.15, 0.2) is 78.9 Å². The number of nitrogens with zero attached hydrogens (tertiary/aromatic N) is 1. The van der Waals surface area contributed by atoms with Crippen molar-refractivity contribution in [3.05, 3.63) is 112 Å². The average Bonchev–Trinajstić information content (AvgIpc) is 2.91. The maximum atomic E-state index is 10.9. The van der Waals surface area contributed by atoms with E-state index in [1.807, 2.05) is 68.5 Å². The van der Waals surface area contributed by atoms with Crippen LogP contribution in [0.2, 0.25) is 5.02 Å². The van der Waals surface area contributed by atoms with Gasteiger partial charge in [-0.25, -0.2) is 4.98 Å². The van der Waals surface area contributed by atoms with Gasteiger partial charge < -0.3 is 15.0 Å². The number of carbonyl (C=O) groups excluding carboxylic acids is 1. The number of hydrogen-bond donors (Lipinski definition) is 1. The molecule has 1 aromatic heterocycles. The van der Waals surface area contributed by atoms with Crippen molar-refractivity contribution in [2.45, 2.75) is 50.4 Å². The van der Waals surface area contributed by atoms with Crippen molar-refractivity contribution in [3.8, 4) is 0 Å². The van der Waals surface area contributed by atoms with Gasteiger partial charge in [0.25, 0.3) is 0 Å². The van der Waals surface area contributed by atoms with Crippen molar-refractivity contribution in [2.24, 2.45) is 0 Å². The van der Waals surface area contributed by atoms with Crippen LogP contribution in [0.4, 0.5) is 0 Å². The second-order valence-electron chi connectivity index (χ2n) is 10.2. The first-order valence-corrected chi connectivity index (χ1v) is 14.6. The number of aromatic nitrogens is 1. The van der Waals surface area contributed by atoms with Crippen LogP contribution in [0.25, 0.3) is 23.1 Å². The molecular formula is C33H33ClNNaO3S. The van der Waals surface area contributed by atoms with Crippen molar-refractivity contribution in [1.82, 2.24) is 4.98 Å². The molecule has 3 aromatic carbocycles. The molecule has 7 heteroatoms. The third kappa shape index (κ3) is 9.47. The Morgan fingerprint density at radius 2 is 1.82 bits per heavy atom. The Balaban J connectivity index is 0.00000441. The number of pyridine rings is 1. The number of thioether (sulfide) groups is 1. The van der Waals surface area contributed by atoms with Gasteiger partial charge in [-0.2, -0.15) is 11.8 Å². The van der Waals surface area contributed by atoms with Crippen LogP contribution in [0.3, 0.4) is 0 Å². The molecule has 1 N–H and O–H groups in total.